The number of hydrogen-bond donors (Lipinski definition) is 0. The first-order valence-corrected chi connectivity index (χ1v) is 9.49. The number of carbonyl (C=O) groups is 1. The lowest BCUT2D eigenvalue weighted by Gasteiger charge is -2.16. The molecule has 2 aromatic heterocycles. The molecule has 0 bridgehead atoms. The Balaban J connectivity index is 1.54. The Kier molecular flexibility index (Phi) is 4.06. The second kappa shape index (κ2) is 6.38. The van der Waals surface area contributed by atoms with E-state index in [1.54, 1.807) is 22.3 Å². The third-order valence-electron chi connectivity index (χ3n) is 4.13. The summed E-state index contributed by atoms with van der Waals surface area (Å²) in [5.74, 6) is -0.0820. The molecule has 0 radical (unpaired) electrons. The Morgan fingerprint density at radius 2 is 2.20 bits per heavy atom. The number of hydrogen-bond acceptors (Lipinski definition) is 6. The topological polar surface area (TPSA) is 76.3 Å². The predicted octanol–water partition coefficient (Wildman–Crippen LogP) is 3.91. The monoisotopic (exact) mass is 371 g/mol. The summed E-state index contributed by atoms with van der Waals surface area (Å²) in [5.41, 5.74) is 3.42. The third-order valence-corrected chi connectivity index (χ3v) is 5.75. The van der Waals surface area contributed by atoms with Crippen LogP contribution in [0.25, 0.3) is 10.6 Å². The summed E-state index contributed by atoms with van der Waals surface area (Å²) in [6, 6.07) is 6.71. The van der Waals surface area contributed by atoms with Crippen LogP contribution in [0.15, 0.2) is 40.4 Å². The lowest BCUT2D eigenvalue weighted by Crippen LogP contribution is -2.30. The summed E-state index contributed by atoms with van der Waals surface area (Å²) >= 11 is 3.13. The number of nitro groups is 1. The summed E-state index contributed by atoms with van der Waals surface area (Å²) < 4.78 is 0. The van der Waals surface area contributed by atoms with Crippen molar-refractivity contribution in [2.45, 2.75) is 12.8 Å². The van der Waals surface area contributed by atoms with E-state index < -0.39 is 4.92 Å². The highest BCUT2D eigenvalue weighted by molar-refractivity contribution is 7.14. The number of nitro benzene ring substituents is 1. The van der Waals surface area contributed by atoms with Crippen LogP contribution in [-0.2, 0) is 17.6 Å². The van der Waals surface area contributed by atoms with Crippen molar-refractivity contribution in [1.82, 2.24) is 4.98 Å². The van der Waals surface area contributed by atoms with Gasteiger partial charge in [0.1, 0.15) is 5.01 Å². The van der Waals surface area contributed by atoms with E-state index in [0.29, 0.717) is 12.2 Å². The van der Waals surface area contributed by atoms with Gasteiger partial charge in [0.25, 0.3) is 5.69 Å². The van der Waals surface area contributed by atoms with Gasteiger partial charge in [0.05, 0.1) is 22.7 Å². The summed E-state index contributed by atoms with van der Waals surface area (Å²) in [7, 11) is 0. The molecule has 0 saturated carbocycles. The van der Waals surface area contributed by atoms with Gasteiger partial charge < -0.3 is 4.90 Å². The third kappa shape index (κ3) is 3.06. The summed E-state index contributed by atoms with van der Waals surface area (Å²) in [5, 5.41) is 17.8. The molecule has 0 aliphatic carbocycles. The zero-order valence-corrected chi connectivity index (χ0v) is 14.7. The number of thiophene rings is 1. The molecule has 0 spiro atoms. The van der Waals surface area contributed by atoms with Gasteiger partial charge in [0, 0.05) is 35.0 Å². The number of amides is 1. The molecule has 6 nitrogen and oxygen atoms in total. The minimum atomic E-state index is -0.436. The van der Waals surface area contributed by atoms with E-state index in [4.69, 9.17) is 0 Å². The first kappa shape index (κ1) is 15.9. The van der Waals surface area contributed by atoms with Crippen LogP contribution in [0.4, 0.5) is 11.4 Å². The van der Waals surface area contributed by atoms with Crippen molar-refractivity contribution < 1.29 is 9.72 Å². The smallest absolute Gasteiger partial charge is 0.271 e. The van der Waals surface area contributed by atoms with Gasteiger partial charge in [-0.15, -0.1) is 11.3 Å². The molecule has 0 fully saturated rings. The van der Waals surface area contributed by atoms with E-state index in [0.717, 1.165) is 28.2 Å². The lowest BCUT2D eigenvalue weighted by atomic mass is 10.1. The van der Waals surface area contributed by atoms with E-state index in [-0.39, 0.29) is 18.0 Å². The van der Waals surface area contributed by atoms with Gasteiger partial charge in [-0.3, -0.25) is 14.9 Å². The first-order valence-electron chi connectivity index (χ1n) is 7.66. The zero-order valence-electron chi connectivity index (χ0n) is 13.0. The predicted molar refractivity (Wildman–Crippen MR) is 98.3 cm³/mol. The number of rotatable bonds is 4. The molecule has 3 heterocycles. The highest BCUT2D eigenvalue weighted by atomic mass is 32.1. The molecule has 1 amide bonds. The van der Waals surface area contributed by atoms with Gasteiger partial charge in [0.2, 0.25) is 5.91 Å². The molecule has 1 aromatic carbocycles. The Morgan fingerprint density at radius 1 is 1.32 bits per heavy atom. The summed E-state index contributed by atoms with van der Waals surface area (Å²) in [6.07, 6.45) is 0.916. The quantitative estimate of drug-likeness (QED) is 0.515. The van der Waals surface area contributed by atoms with Crippen LogP contribution in [0.2, 0.25) is 0 Å². The second-order valence-electron chi connectivity index (χ2n) is 5.70. The van der Waals surface area contributed by atoms with Crippen LogP contribution < -0.4 is 4.90 Å². The second-order valence-corrected chi connectivity index (χ2v) is 7.34. The van der Waals surface area contributed by atoms with Gasteiger partial charge in [-0.05, 0) is 23.4 Å². The number of anilines is 1. The van der Waals surface area contributed by atoms with Crippen LogP contribution in [0.3, 0.4) is 0 Å². The molecule has 0 atom stereocenters. The fourth-order valence-corrected chi connectivity index (χ4v) is 4.43. The SMILES string of the molecule is O=C(Cc1csc(-c2ccsc2)n1)N1CCc2ccc([N+](=O)[O-])cc21. The van der Waals surface area contributed by atoms with E-state index in [1.807, 2.05) is 22.2 Å². The van der Waals surface area contributed by atoms with Crippen LogP contribution in [0, 0.1) is 10.1 Å². The van der Waals surface area contributed by atoms with Crippen LogP contribution in [0.1, 0.15) is 11.3 Å². The lowest BCUT2D eigenvalue weighted by molar-refractivity contribution is -0.384. The highest BCUT2D eigenvalue weighted by Gasteiger charge is 2.27. The van der Waals surface area contributed by atoms with Gasteiger partial charge in [-0.2, -0.15) is 11.3 Å². The number of non-ortho nitro benzene ring substituents is 1. The van der Waals surface area contributed by atoms with Crippen molar-refractivity contribution in [3.8, 4) is 10.6 Å². The number of fused-ring (bicyclic) bond motifs is 1. The number of nitrogens with zero attached hydrogens (tertiary/aromatic N) is 3. The molecule has 4 rings (SSSR count). The maximum Gasteiger partial charge on any atom is 0.271 e. The van der Waals surface area contributed by atoms with Crippen molar-refractivity contribution >= 4 is 40.0 Å². The minimum absolute atomic E-state index is 0.00634. The van der Waals surface area contributed by atoms with Gasteiger partial charge in [0.15, 0.2) is 0 Å². The largest absolute Gasteiger partial charge is 0.311 e. The van der Waals surface area contributed by atoms with Crippen LogP contribution >= 0.6 is 22.7 Å². The van der Waals surface area contributed by atoms with Gasteiger partial charge in [-0.25, -0.2) is 4.98 Å². The van der Waals surface area contributed by atoms with E-state index in [1.165, 1.54) is 23.5 Å². The minimum Gasteiger partial charge on any atom is -0.311 e. The first-order chi connectivity index (χ1) is 12.1. The fourth-order valence-electron chi connectivity index (χ4n) is 2.90. The maximum absolute atomic E-state index is 12.7. The molecule has 126 valence electrons. The average Bonchev–Trinajstić information content (AvgIpc) is 3.33. The average molecular weight is 371 g/mol. The summed E-state index contributed by atoms with van der Waals surface area (Å²) in [4.78, 5) is 29.4. The van der Waals surface area contributed by atoms with E-state index in [9.17, 15) is 14.9 Å². The summed E-state index contributed by atoms with van der Waals surface area (Å²) in [6.45, 7) is 0.552. The van der Waals surface area contributed by atoms with E-state index in [2.05, 4.69) is 4.98 Å². The van der Waals surface area contributed by atoms with Gasteiger partial charge in [-0.1, -0.05) is 6.07 Å². The van der Waals surface area contributed by atoms with Crippen LogP contribution in [0.5, 0.6) is 0 Å². The molecule has 8 heteroatoms. The Labute approximate surface area is 151 Å². The normalized spacial score (nSPS) is 13.0. The standard InChI is InChI=1S/C17H13N3O3S2/c21-16(7-13-10-25-17(18-13)12-4-6-24-9-12)19-5-3-11-1-2-14(20(22)23)8-15(11)19/h1-2,4,6,8-10H,3,5,7H2. The number of thiazole rings is 1. The fraction of sp³-hybridized carbons (Fsp3) is 0.176. The van der Waals surface area contributed by atoms with Crippen molar-refractivity contribution in [1.29, 1.82) is 0 Å². The Hall–Kier alpha value is -2.58. The van der Waals surface area contributed by atoms with Crippen molar-refractivity contribution in [2.24, 2.45) is 0 Å². The number of benzene rings is 1. The molecule has 25 heavy (non-hydrogen) atoms. The number of aromatic nitrogens is 1. The highest BCUT2D eigenvalue weighted by Crippen LogP contribution is 2.32. The Bertz CT molecular complexity index is 950. The molecule has 0 unspecified atom stereocenters. The molecular weight excluding hydrogens is 358 g/mol. The number of carbonyl (C=O) groups excluding carboxylic acids is 1. The molecule has 0 saturated heterocycles. The van der Waals surface area contributed by atoms with Crippen molar-refractivity contribution in [3.05, 3.63) is 61.8 Å². The van der Waals surface area contributed by atoms with Crippen molar-refractivity contribution in [2.75, 3.05) is 11.4 Å². The van der Waals surface area contributed by atoms with E-state index >= 15 is 0 Å². The molecule has 0 N–H and O–H groups in total. The van der Waals surface area contributed by atoms with Crippen LogP contribution in [-0.4, -0.2) is 22.4 Å². The Morgan fingerprint density at radius 3 is 2.96 bits per heavy atom. The maximum atomic E-state index is 12.7. The molecule has 3 aromatic rings. The van der Waals surface area contributed by atoms with Crippen molar-refractivity contribution in [3.63, 3.8) is 0 Å². The molecular formula is C17H13N3O3S2. The molecule has 1 aliphatic heterocycles. The zero-order chi connectivity index (χ0) is 17.4. The molecule has 1 aliphatic rings. The van der Waals surface area contributed by atoms with Gasteiger partial charge >= 0.3 is 0 Å².